The molecule has 30 heavy (non-hydrogen) atoms. The minimum atomic E-state index is 0.222. The van der Waals surface area contributed by atoms with Crippen LogP contribution in [0.1, 0.15) is 25.3 Å². The predicted molar refractivity (Wildman–Crippen MR) is 126 cm³/mol. The molecule has 1 heterocycles. The number of pyridine rings is 1. The number of nitrogens with one attached hydrogen (secondary N) is 1. The van der Waals surface area contributed by atoms with Crippen molar-refractivity contribution in [2.24, 2.45) is 5.73 Å². The third-order valence-electron chi connectivity index (χ3n) is 5.09. The zero-order valence-electron chi connectivity index (χ0n) is 17.7. The van der Waals surface area contributed by atoms with Crippen molar-refractivity contribution < 1.29 is 9.47 Å². The molecule has 0 saturated heterocycles. The van der Waals surface area contributed by atoms with Gasteiger partial charge in [-0.05, 0) is 50.9 Å². The first-order valence-electron chi connectivity index (χ1n) is 9.88. The van der Waals surface area contributed by atoms with Gasteiger partial charge in [-0.15, -0.1) is 0 Å². The summed E-state index contributed by atoms with van der Waals surface area (Å²) in [6, 6.07) is 9.56. The lowest BCUT2D eigenvalue weighted by Gasteiger charge is -2.21. The lowest BCUT2D eigenvalue weighted by atomic mass is 9.95. The number of halogens is 2. The predicted octanol–water partition coefficient (Wildman–Crippen LogP) is 6.07. The van der Waals surface area contributed by atoms with Gasteiger partial charge in [0, 0.05) is 39.7 Å². The van der Waals surface area contributed by atoms with Crippen LogP contribution in [0.4, 0.5) is 5.69 Å². The average molecular weight is 448 g/mol. The van der Waals surface area contributed by atoms with E-state index in [-0.39, 0.29) is 6.04 Å². The van der Waals surface area contributed by atoms with Crippen LogP contribution >= 0.6 is 23.2 Å². The van der Waals surface area contributed by atoms with E-state index in [4.69, 9.17) is 43.4 Å². The van der Waals surface area contributed by atoms with Gasteiger partial charge < -0.3 is 20.5 Å². The largest absolute Gasteiger partial charge is 0.496 e. The van der Waals surface area contributed by atoms with Crippen molar-refractivity contribution >= 4 is 39.8 Å². The molecule has 2 aromatic carbocycles. The fourth-order valence-electron chi connectivity index (χ4n) is 3.64. The molecule has 5 nitrogen and oxygen atoms in total. The molecule has 0 fully saturated rings. The van der Waals surface area contributed by atoms with E-state index in [0.29, 0.717) is 28.2 Å². The normalized spacial score (nSPS) is 12.1. The SMILES string of the molecule is COc1cc(C)c2c(-c3ccc(Cl)cc3Cl)c(OC)cc(NC(C)CCCN)c2n1. The van der Waals surface area contributed by atoms with Crippen molar-refractivity contribution in [1.29, 1.82) is 0 Å². The third-order valence-corrected chi connectivity index (χ3v) is 5.64. The molecular formula is C23H27Cl2N3O2. The Bertz CT molecular complexity index is 1060. The number of aromatic nitrogens is 1. The highest BCUT2D eigenvalue weighted by Crippen LogP contribution is 2.45. The van der Waals surface area contributed by atoms with Gasteiger partial charge in [0.25, 0.3) is 0 Å². The fourth-order valence-corrected chi connectivity index (χ4v) is 4.15. The Morgan fingerprint density at radius 2 is 1.90 bits per heavy atom. The number of ether oxygens (including phenoxy) is 2. The molecule has 1 unspecified atom stereocenters. The Morgan fingerprint density at radius 3 is 2.53 bits per heavy atom. The Balaban J connectivity index is 2.30. The number of fused-ring (bicyclic) bond motifs is 1. The summed E-state index contributed by atoms with van der Waals surface area (Å²) in [5.74, 6) is 1.26. The zero-order chi connectivity index (χ0) is 21.8. The molecule has 0 radical (unpaired) electrons. The van der Waals surface area contributed by atoms with Crippen LogP contribution < -0.4 is 20.5 Å². The van der Waals surface area contributed by atoms with Crippen molar-refractivity contribution in [1.82, 2.24) is 4.98 Å². The van der Waals surface area contributed by atoms with Crippen LogP contribution in [-0.2, 0) is 0 Å². The second-order valence-corrected chi connectivity index (χ2v) is 8.15. The van der Waals surface area contributed by atoms with Crippen LogP contribution in [0.15, 0.2) is 30.3 Å². The highest BCUT2D eigenvalue weighted by molar-refractivity contribution is 6.37. The minimum Gasteiger partial charge on any atom is -0.496 e. The smallest absolute Gasteiger partial charge is 0.213 e. The highest BCUT2D eigenvalue weighted by Gasteiger charge is 2.21. The molecule has 7 heteroatoms. The highest BCUT2D eigenvalue weighted by atomic mass is 35.5. The number of anilines is 1. The van der Waals surface area contributed by atoms with Gasteiger partial charge in [-0.25, -0.2) is 4.98 Å². The minimum absolute atomic E-state index is 0.222. The number of nitrogens with two attached hydrogens (primary N) is 1. The first-order chi connectivity index (χ1) is 14.4. The van der Waals surface area contributed by atoms with E-state index in [9.17, 15) is 0 Å². The van der Waals surface area contributed by atoms with E-state index in [1.54, 1.807) is 20.3 Å². The maximum Gasteiger partial charge on any atom is 0.213 e. The molecule has 0 aliphatic rings. The molecule has 0 bridgehead atoms. The first kappa shape index (κ1) is 22.5. The standard InChI is InChI=1S/C23H27Cl2N3O2/c1-13-10-20(30-4)28-23-18(27-14(2)6-5-9-26)12-19(29-3)22(21(13)23)16-8-7-15(24)11-17(16)25/h7-8,10-12,14,27H,5-6,9,26H2,1-4H3. The molecule has 3 N–H and O–H groups in total. The summed E-state index contributed by atoms with van der Waals surface area (Å²) in [7, 11) is 3.27. The molecule has 1 atom stereocenters. The van der Waals surface area contributed by atoms with Crippen molar-refractivity contribution in [3.63, 3.8) is 0 Å². The van der Waals surface area contributed by atoms with E-state index in [1.165, 1.54) is 0 Å². The molecule has 0 spiro atoms. The monoisotopic (exact) mass is 447 g/mol. The molecule has 0 saturated carbocycles. The van der Waals surface area contributed by atoms with Gasteiger partial charge in [0.1, 0.15) is 5.75 Å². The average Bonchev–Trinajstić information content (AvgIpc) is 2.72. The van der Waals surface area contributed by atoms with Gasteiger partial charge in [-0.2, -0.15) is 0 Å². The second-order valence-electron chi connectivity index (χ2n) is 7.31. The number of hydrogen-bond acceptors (Lipinski definition) is 5. The summed E-state index contributed by atoms with van der Waals surface area (Å²) in [6.07, 6.45) is 1.89. The van der Waals surface area contributed by atoms with Gasteiger partial charge >= 0.3 is 0 Å². The Hall–Kier alpha value is -2.21. The number of aryl methyl sites for hydroxylation is 1. The van der Waals surface area contributed by atoms with Crippen LogP contribution in [0.5, 0.6) is 11.6 Å². The Labute approximate surface area is 187 Å². The van der Waals surface area contributed by atoms with E-state index in [2.05, 4.69) is 12.2 Å². The van der Waals surface area contributed by atoms with E-state index in [0.717, 1.165) is 46.1 Å². The van der Waals surface area contributed by atoms with Crippen LogP contribution in [0.25, 0.3) is 22.0 Å². The van der Waals surface area contributed by atoms with Crippen LogP contribution in [0, 0.1) is 6.92 Å². The van der Waals surface area contributed by atoms with Gasteiger partial charge in [0.2, 0.25) is 5.88 Å². The first-order valence-corrected chi connectivity index (χ1v) is 10.6. The van der Waals surface area contributed by atoms with Crippen molar-refractivity contribution in [2.45, 2.75) is 32.7 Å². The quantitative estimate of drug-likeness (QED) is 0.438. The van der Waals surface area contributed by atoms with Crippen LogP contribution in [0.3, 0.4) is 0 Å². The Kier molecular flexibility index (Phi) is 7.29. The molecule has 3 rings (SSSR count). The van der Waals surface area contributed by atoms with E-state index in [1.807, 2.05) is 31.2 Å². The summed E-state index contributed by atoms with van der Waals surface area (Å²) < 4.78 is 11.2. The summed E-state index contributed by atoms with van der Waals surface area (Å²) in [5, 5.41) is 5.65. The lowest BCUT2D eigenvalue weighted by Crippen LogP contribution is -2.17. The third kappa shape index (κ3) is 4.59. The molecule has 0 aliphatic carbocycles. The number of nitrogens with zero attached hydrogens (tertiary/aromatic N) is 1. The number of methoxy groups -OCH3 is 2. The summed E-state index contributed by atoms with van der Waals surface area (Å²) in [5.41, 5.74) is 10.1. The van der Waals surface area contributed by atoms with Crippen molar-refractivity contribution in [2.75, 3.05) is 26.1 Å². The number of rotatable bonds is 8. The van der Waals surface area contributed by atoms with Crippen LogP contribution in [-0.4, -0.2) is 31.8 Å². The topological polar surface area (TPSA) is 69.4 Å². The van der Waals surface area contributed by atoms with E-state index >= 15 is 0 Å². The summed E-state index contributed by atoms with van der Waals surface area (Å²) in [6.45, 7) is 4.82. The fraction of sp³-hybridized carbons (Fsp3) is 0.348. The van der Waals surface area contributed by atoms with E-state index < -0.39 is 0 Å². The number of hydrogen-bond donors (Lipinski definition) is 2. The molecule has 1 aromatic heterocycles. The molecule has 0 aliphatic heterocycles. The van der Waals surface area contributed by atoms with Crippen LogP contribution in [0.2, 0.25) is 10.0 Å². The van der Waals surface area contributed by atoms with Crippen molar-refractivity contribution in [3.05, 3.63) is 45.9 Å². The van der Waals surface area contributed by atoms with Gasteiger partial charge in [-0.1, -0.05) is 29.3 Å². The summed E-state index contributed by atoms with van der Waals surface area (Å²) in [4.78, 5) is 4.76. The maximum atomic E-state index is 6.57. The van der Waals surface area contributed by atoms with Gasteiger partial charge in [0.15, 0.2) is 0 Å². The number of benzene rings is 2. The van der Waals surface area contributed by atoms with Crippen molar-refractivity contribution in [3.8, 4) is 22.8 Å². The molecular weight excluding hydrogens is 421 g/mol. The molecule has 160 valence electrons. The molecule has 0 amide bonds. The maximum absolute atomic E-state index is 6.57. The summed E-state index contributed by atoms with van der Waals surface area (Å²) >= 11 is 12.7. The second kappa shape index (κ2) is 9.73. The van der Waals surface area contributed by atoms with Gasteiger partial charge in [0.05, 0.1) is 30.4 Å². The molecule has 3 aromatic rings. The van der Waals surface area contributed by atoms with Gasteiger partial charge in [-0.3, -0.25) is 0 Å². The Morgan fingerprint density at radius 1 is 1.13 bits per heavy atom. The lowest BCUT2D eigenvalue weighted by molar-refractivity contribution is 0.399. The zero-order valence-corrected chi connectivity index (χ0v) is 19.2.